The lowest BCUT2D eigenvalue weighted by Crippen LogP contribution is -2.39. The number of halogens is 4. The Kier molecular flexibility index (Phi) is 7.49. The molecular formula is C30H29Cl2F2N3O2. The van der Waals surface area contributed by atoms with Gasteiger partial charge in [-0.3, -0.25) is 4.79 Å². The molecule has 0 radical (unpaired) electrons. The third-order valence-electron chi connectivity index (χ3n) is 8.27. The Morgan fingerprint density at radius 2 is 1.72 bits per heavy atom. The summed E-state index contributed by atoms with van der Waals surface area (Å²) in [6.45, 7) is 3.11. The van der Waals surface area contributed by atoms with Crippen molar-refractivity contribution in [2.75, 3.05) is 26.2 Å². The van der Waals surface area contributed by atoms with Crippen LogP contribution in [-0.2, 0) is 0 Å². The van der Waals surface area contributed by atoms with E-state index in [1.807, 2.05) is 4.90 Å². The molecular weight excluding hydrogens is 543 g/mol. The number of hydrogen-bond donors (Lipinski definition) is 0. The predicted molar refractivity (Wildman–Crippen MR) is 148 cm³/mol. The lowest BCUT2D eigenvalue weighted by Gasteiger charge is -2.38. The molecule has 2 aliphatic heterocycles. The lowest BCUT2D eigenvalue weighted by atomic mass is 9.85. The summed E-state index contributed by atoms with van der Waals surface area (Å²) >= 11 is 13.1. The molecule has 1 aromatic heterocycles. The Morgan fingerprint density at radius 1 is 0.974 bits per heavy atom. The molecule has 1 atom stereocenters. The first kappa shape index (κ1) is 26.5. The van der Waals surface area contributed by atoms with Crippen molar-refractivity contribution in [1.29, 1.82) is 0 Å². The molecule has 9 heteroatoms. The lowest BCUT2D eigenvalue weighted by molar-refractivity contribution is 0.0789. The molecule has 2 aromatic carbocycles. The Hall–Kier alpha value is -2.74. The number of rotatable bonds is 5. The molecule has 3 aromatic rings. The minimum Gasteiger partial charge on any atom is -0.356 e. The van der Waals surface area contributed by atoms with Crippen molar-refractivity contribution in [2.24, 2.45) is 0 Å². The molecule has 0 N–H and O–H groups in total. The SMILES string of the molecule is O=C(c1ccc(F)cc1)N1CCC2=C(Cl)C(Cl)CCC2=C1CCN1CCC(c2noc3cc(F)ccc23)CC1. The molecule has 3 aliphatic rings. The Labute approximate surface area is 236 Å². The van der Waals surface area contributed by atoms with Crippen LogP contribution < -0.4 is 0 Å². The van der Waals surface area contributed by atoms with Crippen LogP contribution in [0.5, 0.6) is 0 Å². The number of amides is 1. The summed E-state index contributed by atoms with van der Waals surface area (Å²) in [6, 6.07) is 10.3. The average Bonchev–Trinajstić information content (AvgIpc) is 3.37. The van der Waals surface area contributed by atoms with E-state index in [0.717, 1.165) is 73.2 Å². The third-order valence-corrected chi connectivity index (χ3v) is 9.31. The second-order valence-electron chi connectivity index (χ2n) is 10.5. The number of fused-ring (bicyclic) bond motifs is 2. The number of carbonyl (C=O) groups excluding carboxylic acids is 1. The van der Waals surface area contributed by atoms with Crippen LogP contribution in [0.25, 0.3) is 11.0 Å². The summed E-state index contributed by atoms with van der Waals surface area (Å²) in [7, 11) is 0. The zero-order valence-electron chi connectivity index (χ0n) is 21.4. The maximum absolute atomic E-state index is 13.6. The fraction of sp³-hybridized carbons (Fsp3) is 0.400. The topological polar surface area (TPSA) is 49.6 Å². The number of carbonyl (C=O) groups is 1. The molecule has 1 fully saturated rings. The molecule has 0 bridgehead atoms. The molecule has 1 aliphatic carbocycles. The zero-order valence-corrected chi connectivity index (χ0v) is 22.9. The van der Waals surface area contributed by atoms with E-state index in [4.69, 9.17) is 27.7 Å². The van der Waals surface area contributed by atoms with Gasteiger partial charge in [0.15, 0.2) is 5.58 Å². The van der Waals surface area contributed by atoms with Crippen LogP contribution in [0, 0.1) is 11.6 Å². The highest BCUT2D eigenvalue weighted by molar-refractivity contribution is 6.38. The van der Waals surface area contributed by atoms with Gasteiger partial charge in [-0.15, -0.1) is 11.6 Å². The number of benzene rings is 2. The van der Waals surface area contributed by atoms with E-state index < -0.39 is 0 Å². The van der Waals surface area contributed by atoms with E-state index in [-0.39, 0.29) is 28.8 Å². The third kappa shape index (κ3) is 5.24. The molecule has 3 heterocycles. The molecule has 0 spiro atoms. The van der Waals surface area contributed by atoms with Gasteiger partial charge in [-0.2, -0.15) is 0 Å². The van der Waals surface area contributed by atoms with Crippen LogP contribution in [0.3, 0.4) is 0 Å². The predicted octanol–water partition coefficient (Wildman–Crippen LogP) is 7.37. The smallest absolute Gasteiger partial charge is 0.258 e. The van der Waals surface area contributed by atoms with Crippen LogP contribution in [0.2, 0.25) is 0 Å². The van der Waals surface area contributed by atoms with Gasteiger partial charge in [-0.25, -0.2) is 8.78 Å². The number of nitrogens with zero attached hydrogens (tertiary/aromatic N) is 3. The van der Waals surface area contributed by atoms with Crippen LogP contribution in [-0.4, -0.2) is 52.4 Å². The van der Waals surface area contributed by atoms with E-state index in [2.05, 4.69) is 10.1 Å². The maximum atomic E-state index is 13.6. The van der Waals surface area contributed by atoms with E-state index in [0.29, 0.717) is 35.6 Å². The van der Waals surface area contributed by atoms with Gasteiger partial charge >= 0.3 is 0 Å². The summed E-state index contributed by atoms with van der Waals surface area (Å²) in [4.78, 5) is 17.8. The first-order chi connectivity index (χ1) is 18.9. The quantitative estimate of drug-likeness (QED) is 0.300. The summed E-state index contributed by atoms with van der Waals surface area (Å²) in [5.41, 5.74) is 5.07. The second kappa shape index (κ2) is 11.0. The van der Waals surface area contributed by atoms with Gasteiger partial charge in [0, 0.05) is 53.2 Å². The van der Waals surface area contributed by atoms with Crippen molar-refractivity contribution in [2.45, 2.75) is 49.8 Å². The van der Waals surface area contributed by atoms with E-state index >= 15 is 0 Å². The van der Waals surface area contributed by atoms with Gasteiger partial charge in [-0.05, 0) is 92.7 Å². The Balaban J connectivity index is 1.18. The largest absolute Gasteiger partial charge is 0.356 e. The highest BCUT2D eigenvalue weighted by atomic mass is 35.5. The number of alkyl halides is 1. The number of aromatic nitrogens is 1. The van der Waals surface area contributed by atoms with Gasteiger partial charge in [0.25, 0.3) is 5.91 Å². The fourth-order valence-electron chi connectivity index (χ4n) is 6.17. The highest BCUT2D eigenvalue weighted by Crippen LogP contribution is 2.43. The van der Waals surface area contributed by atoms with Crippen LogP contribution in [0.4, 0.5) is 8.78 Å². The van der Waals surface area contributed by atoms with Gasteiger partial charge in [0.2, 0.25) is 0 Å². The molecule has 39 heavy (non-hydrogen) atoms. The molecule has 5 nitrogen and oxygen atoms in total. The first-order valence-electron chi connectivity index (χ1n) is 13.5. The van der Waals surface area contributed by atoms with Crippen LogP contribution in [0.1, 0.15) is 60.5 Å². The minimum absolute atomic E-state index is 0.117. The van der Waals surface area contributed by atoms with Gasteiger partial charge in [0.1, 0.15) is 11.6 Å². The summed E-state index contributed by atoms with van der Waals surface area (Å²) < 4.78 is 32.5. The van der Waals surface area contributed by atoms with Crippen molar-refractivity contribution >= 4 is 40.1 Å². The van der Waals surface area contributed by atoms with Crippen molar-refractivity contribution in [3.8, 4) is 0 Å². The summed E-state index contributed by atoms with van der Waals surface area (Å²) in [5.74, 6) is -0.554. The maximum Gasteiger partial charge on any atom is 0.258 e. The average molecular weight is 572 g/mol. The second-order valence-corrected chi connectivity index (χ2v) is 11.5. The number of likely N-dealkylation sites (tertiary alicyclic amines) is 1. The van der Waals surface area contributed by atoms with Gasteiger partial charge in [-0.1, -0.05) is 16.8 Å². The molecule has 6 rings (SSSR count). The molecule has 1 unspecified atom stereocenters. The summed E-state index contributed by atoms with van der Waals surface area (Å²) in [5, 5.41) is 5.66. The van der Waals surface area contributed by atoms with Crippen molar-refractivity contribution in [1.82, 2.24) is 15.0 Å². The highest BCUT2D eigenvalue weighted by Gasteiger charge is 2.34. The molecule has 1 amide bonds. The van der Waals surface area contributed by atoms with Crippen molar-refractivity contribution in [3.05, 3.63) is 87.2 Å². The molecule has 204 valence electrons. The summed E-state index contributed by atoms with van der Waals surface area (Å²) in [6.07, 6.45) is 4.74. The van der Waals surface area contributed by atoms with E-state index in [1.165, 1.54) is 24.3 Å². The van der Waals surface area contributed by atoms with E-state index in [9.17, 15) is 13.6 Å². The Bertz CT molecular complexity index is 1460. The fourth-order valence-corrected chi connectivity index (χ4v) is 6.73. The standard InChI is InChI=1S/C30H29Cl2F2N3O2/c31-25-8-7-22-23(28(25)32)11-16-37(30(38)19-1-3-20(33)4-2-19)26(22)12-15-36-13-9-18(10-14-36)29-24-6-5-21(34)17-27(24)39-35-29/h1-6,17-18,25H,7-16H2. The van der Waals surface area contributed by atoms with E-state index in [1.54, 1.807) is 18.2 Å². The number of hydrogen-bond acceptors (Lipinski definition) is 4. The van der Waals surface area contributed by atoms with Crippen molar-refractivity contribution < 1.29 is 18.1 Å². The van der Waals surface area contributed by atoms with Gasteiger partial charge in [0.05, 0.1) is 11.1 Å². The van der Waals surface area contributed by atoms with Crippen LogP contribution in [0.15, 0.2) is 68.9 Å². The zero-order chi connectivity index (χ0) is 27.1. The van der Waals surface area contributed by atoms with Crippen LogP contribution >= 0.6 is 23.2 Å². The molecule has 1 saturated heterocycles. The molecule has 0 saturated carbocycles. The monoisotopic (exact) mass is 571 g/mol. The van der Waals surface area contributed by atoms with Crippen molar-refractivity contribution in [3.63, 3.8) is 0 Å². The van der Waals surface area contributed by atoms with Gasteiger partial charge < -0.3 is 14.3 Å². The first-order valence-corrected chi connectivity index (χ1v) is 14.3. The minimum atomic E-state index is -0.365. The number of allylic oxidation sites excluding steroid dienone is 2. The normalized spacial score (nSPS) is 21.1. The Morgan fingerprint density at radius 3 is 2.49 bits per heavy atom. The number of piperidine rings is 1.